The first-order chi connectivity index (χ1) is 8.58. The molecule has 0 bridgehead atoms. The second-order valence-corrected chi connectivity index (χ2v) is 4.94. The van der Waals surface area contributed by atoms with Crippen LogP contribution in [0, 0.1) is 0 Å². The molecule has 0 aliphatic carbocycles. The molecule has 1 aromatic rings. The fourth-order valence-corrected chi connectivity index (χ4v) is 1.97. The maximum absolute atomic E-state index is 11.6. The van der Waals surface area contributed by atoms with E-state index < -0.39 is 0 Å². The van der Waals surface area contributed by atoms with Crippen molar-refractivity contribution in [1.29, 1.82) is 0 Å². The zero-order chi connectivity index (χ0) is 13.5. The van der Waals surface area contributed by atoms with E-state index in [1.807, 2.05) is 19.1 Å². The second kappa shape index (κ2) is 7.16. The highest BCUT2D eigenvalue weighted by atomic mass is 79.9. The Morgan fingerprint density at radius 2 is 2.22 bits per heavy atom. The number of hydrogen-bond donors (Lipinski definition) is 1. The molecule has 0 heterocycles. The van der Waals surface area contributed by atoms with Crippen molar-refractivity contribution in [2.45, 2.75) is 13.3 Å². The number of nitrogens with zero attached hydrogens (tertiary/aromatic N) is 1. The lowest BCUT2D eigenvalue weighted by molar-refractivity contribution is -0.119. The molecule has 0 radical (unpaired) electrons. The SMILES string of the molecule is CCCNC(=O)CN(C)c1ccc(Br)cc1C=O. The molecule has 0 aliphatic heterocycles. The Labute approximate surface area is 115 Å². The number of hydrogen-bond acceptors (Lipinski definition) is 3. The van der Waals surface area contributed by atoms with Crippen LogP contribution in [0.1, 0.15) is 23.7 Å². The minimum atomic E-state index is -0.0425. The summed E-state index contributed by atoms with van der Waals surface area (Å²) >= 11 is 3.31. The summed E-state index contributed by atoms with van der Waals surface area (Å²) in [5.41, 5.74) is 1.31. The van der Waals surface area contributed by atoms with Gasteiger partial charge in [-0.25, -0.2) is 0 Å². The predicted octanol–water partition coefficient (Wildman–Crippen LogP) is 2.22. The van der Waals surface area contributed by atoms with E-state index in [0.29, 0.717) is 12.1 Å². The Hall–Kier alpha value is -1.36. The van der Waals surface area contributed by atoms with E-state index in [2.05, 4.69) is 21.2 Å². The molecule has 0 atom stereocenters. The van der Waals surface area contributed by atoms with E-state index in [0.717, 1.165) is 22.9 Å². The molecule has 0 unspecified atom stereocenters. The first kappa shape index (κ1) is 14.7. The Morgan fingerprint density at radius 3 is 2.83 bits per heavy atom. The fraction of sp³-hybridized carbons (Fsp3) is 0.385. The highest BCUT2D eigenvalue weighted by Crippen LogP contribution is 2.22. The van der Waals surface area contributed by atoms with Gasteiger partial charge in [-0.1, -0.05) is 22.9 Å². The van der Waals surface area contributed by atoms with Crippen LogP contribution >= 0.6 is 15.9 Å². The van der Waals surface area contributed by atoms with Crippen LogP contribution in [-0.4, -0.2) is 32.3 Å². The molecule has 18 heavy (non-hydrogen) atoms. The van der Waals surface area contributed by atoms with Crippen molar-refractivity contribution >= 4 is 33.8 Å². The highest BCUT2D eigenvalue weighted by molar-refractivity contribution is 9.10. The largest absolute Gasteiger partial charge is 0.365 e. The third kappa shape index (κ3) is 4.14. The normalized spacial score (nSPS) is 9.94. The summed E-state index contributed by atoms with van der Waals surface area (Å²) in [5, 5.41) is 2.80. The number of benzene rings is 1. The molecule has 0 saturated heterocycles. The molecule has 1 rings (SSSR count). The molecule has 98 valence electrons. The van der Waals surface area contributed by atoms with Crippen LogP contribution < -0.4 is 10.2 Å². The summed E-state index contributed by atoms with van der Waals surface area (Å²) in [5.74, 6) is -0.0425. The van der Waals surface area contributed by atoms with Crippen LogP contribution in [-0.2, 0) is 4.79 Å². The summed E-state index contributed by atoms with van der Waals surface area (Å²) in [6.45, 7) is 2.92. The summed E-state index contributed by atoms with van der Waals surface area (Å²) in [7, 11) is 1.79. The third-order valence-corrected chi connectivity index (χ3v) is 2.97. The molecule has 0 aliphatic rings. The van der Waals surface area contributed by atoms with Crippen molar-refractivity contribution in [2.75, 3.05) is 25.0 Å². The lowest BCUT2D eigenvalue weighted by atomic mass is 10.2. The van der Waals surface area contributed by atoms with Gasteiger partial charge in [0.25, 0.3) is 0 Å². The van der Waals surface area contributed by atoms with Crippen LogP contribution in [0.3, 0.4) is 0 Å². The van der Waals surface area contributed by atoms with Crippen LogP contribution in [0.5, 0.6) is 0 Å². The zero-order valence-electron chi connectivity index (χ0n) is 10.6. The molecule has 1 aromatic carbocycles. The summed E-state index contributed by atoms with van der Waals surface area (Å²) < 4.78 is 0.845. The lowest BCUT2D eigenvalue weighted by Gasteiger charge is -2.20. The monoisotopic (exact) mass is 312 g/mol. The number of halogens is 1. The van der Waals surface area contributed by atoms with Gasteiger partial charge in [-0.3, -0.25) is 9.59 Å². The van der Waals surface area contributed by atoms with Gasteiger partial charge in [-0.05, 0) is 24.6 Å². The number of carbonyl (C=O) groups excluding carboxylic acids is 2. The van der Waals surface area contributed by atoms with Crippen LogP contribution in [0.4, 0.5) is 5.69 Å². The number of anilines is 1. The van der Waals surface area contributed by atoms with Crippen LogP contribution in [0.2, 0.25) is 0 Å². The zero-order valence-corrected chi connectivity index (χ0v) is 12.2. The van der Waals surface area contributed by atoms with Crippen molar-refractivity contribution in [2.24, 2.45) is 0 Å². The molecule has 4 nitrogen and oxygen atoms in total. The molecule has 1 amide bonds. The topological polar surface area (TPSA) is 49.4 Å². The first-order valence-electron chi connectivity index (χ1n) is 5.81. The van der Waals surface area contributed by atoms with E-state index >= 15 is 0 Å². The van der Waals surface area contributed by atoms with E-state index in [9.17, 15) is 9.59 Å². The van der Waals surface area contributed by atoms with Crippen LogP contribution in [0.15, 0.2) is 22.7 Å². The van der Waals surface area contributed by atoms with Crippen LogP contribution in [0.25, 0.3) is 0 Å². The predicted molar refractivity (Wildman–Crippen MR) is 76.1 cm³/mol. The van der Waals surface area contributed by atoms with E-state index in [1.54, 1.807) is 18.0 Å². The average Bonchev–Trinajstić information content (AvgIpc) is 2.35. The molecular formula is C13H17BrN2O2. The number of carbonyl (C=O) groups is 2. The molecule has 0 fully saturated rings. The summed E-state index contributed by atoms with van der Waals surface area (Å²) in [4.78, 5) is 24.4. The quantitative estimate of drug-likeness (QED) is 0.819. The van der Waals surface area contributed by atoms with Gasteiger partial charge in [0.1, 0.15) is 0 Å². The average molecular weight is 313 g/mol. The van der Waals surface area contributed by atoms with Gasteiger partial charge in [0.15, 0.2) is 6.29 Å². The van der Waals surface area contributed by atoms with Gasteiger partial charge in [0.05, 0.1) is 6.54 Å². The number of likely N-dealkylation sites (N-methyl/N-ethyl adjacent to an activating group) is 1. The first-order valence-corrected chi connectivity index (χ1v) is 6.60. The van der Waals surface area contributed by atoms with Gasteiger partial charge < -0.3 is 10.2 Å². The fourth-order valence-electron chi connectivity index (χ4n) is 1.59. The number of nitrogens with one attached hydrogen (secondary N) is 1. The third-order valence-electron chi connectivity index (χ3n) is 2.48. The minimum absolute atomic E-state index is 0.0425. The molecule has 0 aromatic heterocycles. The second-order valence-electron chi connectivity index (χ2n) is 4.03. The number of aldehydes is 1. The Bertz CT molecular complexity index is 435. The summed E-state index contributed by atoms with van der Waals surface area (Å²) in [6.07, 6.45) is 1.70. The van der Waals surface area contributed by atoms with E-state index in [4.69, 9.17) is 0 Å². The maximum atomic E-state index is 11.6. The Balaban J connectivity index is 2.74. The standard InChI is InChI=1S/C13H17BrN2O2/c1-3-6-15-13(18)8-16(2)12-5-4-11(14)7-10(12)9-17/h4-5,7,9H,3,6,8H2,1-2H3,(H,15,18). The molecule has 1 N–H and O–H groups in total. The molecule has 0 saturated carbocycles. The summed E-state index contributed by atoms with van der Waals surface area (Å²) in [6, 6.07) is 5.41. The Morgan fingerprint density at radius 1 is 1.50 bits per heavy atom. The number of amides is 1. The van der Waals surface area contributed by atoms with E-state index in [1.165, 1.54) is 0 Å². The molecular weight excluding hydrogens is 296 g/mol. The van der Waals surface area contributed by atoms with Gasteiger partial charge in [-0.15, -0.1) is 0 Å². The molecule has 5 heteroatoms. The minimum Gasteiger partial charge on any atom is -0.365 e. The lowest BCUT2D eigenvalue weighted by Crippen LogP contribution is -2.35. The van der Waals surface area contributed by atoms with Gasteiger partial charge >= 0.3 is 0 Å². The maximum Gasteiger partial charge on any atom is 0.239 e. The van der Waals surface area contributed by atoms with E-state index in [-0.39, 0.29) is 12.5 Å². The van der Waals surface area contributed by atoms with Crippen molar-refractivity contribution in [3.63, 3.8) is 0 Å². The smallest absolute Gasteiger partial charge is 0.239 e. The highest BCUT2D eigenvalue weighted by Gasteiger charge is 2.10. The number of rotatable bonds is 6. The van der Waals surface area contributed by atoms with Crippen molar-refractivity contribution in [3.8, 4) is 0 Å². The van der Waals surface area contributed by atoms with Crippen molar-refractivity contribution in [3.05, 3.63) is 28.2 Å². The van der Waals surface area contributed by atoms with Gasteiger partial charge in [0, 0.05) is 29.3 Å². The Kier molecular flexibility index (Phi) is 5.85. The van der Waals surface area contributed by atoms with Gasteiger partial charge in [0.2, 0.25) is 5.91 Å². The van der Waals surface area contributed by atoms with Crippen molar-refractivity contribution in [1.82, 2.24) is 5.32 Å². The van der Waals surface area contributed by atoms with Crippen molar-refractivity contribution < 1.29 is 9.59 Å². The molecule has 0 spiro atoms. The van der Waals surface area contributed by atoms with Gasteiger partial charge in [-0.2, -0.15) is 0 Å².